The average Bonchev–Trinajstić information content (AvgIpc) is 3.38. The minimum atomic E-state index is -4.66. The van der Waals surface area contributed by atoms with Crippen molar-refractivity contribution in [1.82, 2.24) is 0 Å². The molecule has 15 heteroatoms. The fraction of sp³-hybridized carbons (Fsp3) is 0.345. The van der Waals surface area contributed by atoms with Crippen LogP contribution in [0.1, 0.15) is 132 Å². The first-order valence-electron chi connectivity index (χ1n) is 25.0. The molecule has 73 heavy (non-hydrogen) atoms. The highest BCUT2D eigenvalue weighted by molar-refractivity contribution is 7.93. The molecule has 0 amide bonds. The molecule has 0 bridgehead atoms. The maximum atomic E-state index is 13.8. The Labute approximate surface area is 429 Å². The Morgan fingerprint density at radius 3 is 1.30 bits per heavy atom. The number of sulfonamides is 2. The summed E-state index contributed by atoms with van der Waals surface area (Å²) >= 11 is 0. The Kier molecular flexibility index (Phi) is 21.7. The van der Waals surface area contributed by atoms with E-state index in [0.29, 0.717) is 61.0 Å². The molecule has 6 aromatic rings. The van der Waals surface area contributed by atoms with Crippen molar-refractivity contribution in [2.45, 2.75) is 127 Å². The largest absolute Gasteiger partial charge is 0.478 e. The third kappa shape index (κ3) is 16.8. The van der Waals surface area contributed by atoms with E-state index in [2.05, 4.69) is 13.8 Å². The zero-order chi connectivity index (χ0) is 53.0. The Morgan fingerprint density at radius 2 is 0.890 bits per heavy atom. The molecule has 0 radical (unpaired) electrons. The van der Waals surface area contributed by atoms with Gasteiger partial charge in [-0.15, -0.1) is 0 Å². The first-order chi connectivity index (χ1) is 34.9. The van der Waals surface area contributed by atoms with Crippen LogP contribution < -0.4 is 8.61 Å². The number of aromatic carboxylic acids is 2. The zero-order valence-corrected chi connectivity index (χ0v) is 43.5. The Hall–Kier alpha value is -6.45. The van der Waals surface area contributed by atoms with E-state index in [4.69, 9.17) is 10.2 Å². The summed E-state index contributed by atoms with van der Waals surface area (Å²) in [5.41, 5.74) is 5.17. The molecule has 0 aliphatic heterocycles. The fourth-order valence-electron chi connectivity index (χ4n) is 8.37. The van der Waals surface area contributed by atoms with Crippen molar-refractivity contribution in [3.8, 4) is 0 Å². The van der Waals surface area contributed by atoms with Gasteiger partial charge in [-0.1, -0.05) is 150 Å². The van der Waals surface area contributed by atoms with Crippen molar-refractivity contribution in [3.63, 3.8) is 0 Å². The highest BCUT2D eigenvalue weighted by atomic mass is 32.2. The minimum absolute atomic E-state index is 0.145. The van der Waals surface area contributed by atoms with Crippen LogP contribution in [0.25, 0.3) is 0 Å². The molecule has 10 nitrogen and oxygen atoms in total. The molecule has 6 rings (SSSR count). The number of carboxylic acid groups (broad SMARTS) is 2. The lowest BCUT2D eigenvalue weighted by Gasteiger charge is -2.27. The number of hydrogen-bond donors (Lipinski definition) is 2. The van der Waals surface area contributed by atoms with Gasteiger partial charge in [-0.2, -0.15) is 13.2 Å². The summed E-state index contributed by atoms with van der Waals surface area (Å²) in [7, 11) is -8.00. The van der Waals surface area contributed by atoms with Crippen molar-refractivity contribution < 1.29 is 49.8 Å². The third-order valence-electron chi connectivity index (χ3n) is 12.6. The van der Waals surface area contributed by atoms with Crippen LogP contribution in [-0.4, -0.2) is 52.1 Å². The molecule has 0 saturated heterocycles. The second kappa shape index (κ2) is 27.6. The van der Waals surface area contributed by atoms with E-state index in [1.54, 1.807) is 58.9 Å². The lowest BCUT2D eigenvalue weighted by molar-refractivity contribution is -0.137. The molecule has 390 valence electrons. The standard InChI is InChI=1S/C29H32F3NO4S.C29H35NO4S/c1-2-3-4-5-8-20-33(38(36,37)26-12-9-11-25(21-26)29(30,31)32)27-13-7-6-10-23(27)17-14-22-15-18-24(19-16-22)28(34)35;1-3-4-5-6-9-22-30(35(33,34)27-20-12-23(2)13-21-27)28-11-8-7-10-25(28)17-14-24-15-18-26(19-16-24)29(31)32/h6-7,9-13,15-16,18-19,21H,2-5,8,14,17,20H2,1H3,(H,34,35);7-8,10-13,15-16,18-21H,3-6,9,14,17,22H2,1-2H3,(H,31,32). The molecular formula is C58H67F3N2O8S2. The maximum Gasteiger partial charge on any atom is 0.416 e. The van der Waals surface area contributed by atoms with E-state index in [-0.39, 0.29) is 17.7 Å². The summed E-state index contributed by atoms with van der Waals surface area (Å²) in [6, 6.07) is 38.9. The fourth-order valence-corrected chi connectivity index (χ4v) is 11.5. The maximum absolute atomic E-state index is 13.8. The quantitative estimate of drug-likeness (QED) is 0.0510. The molecule has 0 heterocycles. The van der Waals surface area contributed by atoms with Gasteiger partial charge in [-0.3, -0.25) is 8.61 Å². The summed E-state index contributed by atoms with van der Waals surface area (Å²) in [6.07, 6.45) is 7.24. The molecule has 0 aliphatic carbocycles. The normalized spacial score (nSPS) is 11.6. The summed E-state index contributed by atoms with van der Waals surface area (Å²) in [5.74, 6) is -1.96. The molecular weight excluding hydrogens is 974 g/mol. The molecule has 6 aromatic carbocycles. The smallest absolute Gasteiger partial charge is 0.416 e. The number of carboxylic acids is 2. The van der Waals surface area contributed by atoms with E-state index in [1.165, 1.54) is 22.5 Å². The molecule has 0 unspecified atom stereocenters. The highest BCUT2D eigenvalue weighted by Gasteiger charge is 2.34. The van der Waals surface area contributed by atoms with Crippen LogP contribution in [-0.2, 0) is 51.9 Å². The van der Waals surface area contributed by atoms with Crippen molar-refractivity contribution in [2.75, 3.05) is 21.7 Å². The van der Waals surface area contributed by atoms with Gasteiger partial charge in [0.05, 0.1) is 37.9 Å². The predicted molar refractivity (Wildman–Crippen MR) is 284 cm³/mol. The van der Waals surface area contributed by atoms with Gasteiger partial charge in [0.2, 0.25) is 0 Å². The first kappa shape index (κ1) is 57.5. The molecule has 0 saturated carbocycles. The molecule has 0 aliphatic rings. The monoisotopic (exact) mass is 1040 g/mol. The van der Waals surface area contributed by atoms with Crippen molar-refractivity contribution in [1.29, 1.82) is 0 Å². The van der Waals surface area contributed by atoms with Crippen LogP contribution >= 0.6 is 0 Å². The lowest BCUT2D eigenvalue weighted by atomic mass is 10.0. The Balaban J connectivity index is 0.000000272. The van der Waals surface area contributed by atoms with Crippen molar-refractivity contribution in [2.24, 2.45) is 0 Å². The summed E-state index contributed by atoms with van der Waals surface area (Å²) in [4.78, 5) is 22.1. The van der Waals surface area contributed by atoms with Crippen molar-refractivity contribution in [3.05, 3.63) is 190 Å². The van der Waals surface area contributed by atoms with Crippen LogP contribution in [0.3, 0.4) is 0 Å². The zero-order valence-electron chi connectivity index (χ0n) is 41.9. The van der Waals surface area contributed by atoms with Crippen LogP contribution in [0.4, 0.5) is 24.5 Å². The second-order valence-electron chi connectivity index (χ2n) is 18.1. The average molecular weight is 1040 g/mol. The van der Waals surface area contributed by atoms with Gasteiger partial charge in [0, 0.05) is 13.1 Å². The number of para-hydroxylation sites is 2. The number of unbranched alkanes of at least 4 members (excludes halogenated alkanes) is 8. The number of benzene rings is 6. The van der Waals surface area contributed by atoms with Crippen molar-refractivity contribution >= 4 is 43.4 Å². The summed E-state index contributed by atoms with van der Waals surface area (Å²) < 4.78 is 97.9. The van der Waals surface area contributed by atoms with Gasteiger partial charge >= 0.3 is 18.1 Å². The van der Waals surface area contributed by atoms with Crippen LogP contribution in [0.15, 0.2) is 155 Å². The molecule has 0 atom stereocenters. The van der Waals surface area contributed by atoms with Crippen LogP contribution in [0, 0.1) is 6.92 Å². The number of hydrogen-bond acceptors (Lipinski definition) is 6. The van der Waals surface area contributed by atoms with Crippen LogP contribution in [0.5, 0.6) is 0 Å². The lowest BCUT2D eigenvalue weighted by Crippen LogP contribution is -2.33. The van der Waals surface area contributed by atoms with Gasteiger partial charge in [-0.25, -0.2) is 26.4 Å². The number of rotatable bonds is 26. The second-order valence-corrected chi connectivity index (χ2v) is 21.8. The molecule has 0 spiro atoms. The van der Waals surface area contributed by atoms with E-state index in [1.807, 2.05) is 61.5 Å². The molecule has 0 aromatic heterocycles. The number of halogens is 3. The summed E-state index contributed by atoms with van der Waals surface area (Å²) in [6.45, 7) is 6.77. The minimum Gasteiger partial charge on any atom is -0.478 e. The number of carbonyl (C=O) groups is 2. The highest BCUT2D eigenvalue weighted by Crippen LogP contribution is 2.34. The van der Waals surface area contributed by atoms with E-state index in [9.17, 15) is 39.6 Å². The Bertz CT molecular complexity index is 2930. The SMILES string of the molecule is CCCCCCCN(c1ccccc1CCc1ccc(C(=O)O)cc1)S(=O)(=O)c1ccc(C)cc1.CCCCCCCN(c1ccccc1CCc1ccc(C(=O)O)cc1)S(=O)(=O)c1cccc(C(F)(F)F)c1. The van der Waals surface area contributed by atoms with Crippen LogP contribution in [0.2, 0.25) is 0 Å². The van der Waals surface area contributed by atoms with E-state index < -0.39 is 48.6 Å². The third-order valence-corrected chi connectivity index (χ3v) is 16.2. The van der Waals surface area contributed by atoms with Gasteiger partial charge in [0.25, 0.3) is 20.0 Å². The predicted octanol–water partition coefficient (Wildman–Crippen LogP) is 14.0. The number of anilines is 2. The van der Waals surface area contributed by atoms with Gasteiger partial charge < -0.3 is 10.2 Å². The first-order valence-corrected chi connectivity index (χ1v) is 27.8. The summed E-state index contributed by atoms with van der Waals surface area (Å²) in [5, 5.41) is 18.2. The Morgan fingerprint density at radius 1 is 0.479 bits per heavy atom. The molecule has 0 fully saturated rings. The topological polar surface area (TPSA) is 149 Å². The number of alkyl halides is 3. The van der Waals surface area contributed by atoms with Gasteiger partial charge in [0.15, 0.2) is 0 Å². The van der Waals surface area contributed by atoms with Gasteiger partial charge in [-0.05, 0) is 134 Å². The number of aryl methyl sites for hydroxylation is 5. The number of nitrogens with zero attached hydrogens (tertiary/aromatic N) is 2. The van der Waals surface area contributed by atoms with Gasteiger partial charge in [0.1, 0.15) is 0 Å². The molecule has 2 N–H and O–H groups in total. The van der Waals surface area contributed by atoms with E-state index in [0.717, 1.165) is 97.7 Å². The van der Waals surface area contributed by atoms with E-state index >= 15 is 0 Å².